The van der Waals surface area contributed by atoms with Crippen LogP contribution in [-0.2, 0) is 4.79 Å². The Bertz CT molecular complexity index is 285. The van der Waals surface area contributed by atoms with Crippen molar-refractivity contribution in [1.29, 1.82) is 5.26 Å². The predicted octanol–water partition coefficient (Wildman–Crippen LogP) is 1.53. The van der Waals surface area contributed by atoms with E-state index in [0.717, 1.165) is 38.9 Å². The Morgan fingerprint density at radius 2 is 2.41 bits per heavy atom. The first-order chi connectivity index (χ1) is 8.17. The number of carbonyl (C=O) groups excluding carboxylic acids is 1. The van der Waals surface area contributed by atoms with Gasteiger partial charge in [0.25, 0.3) is 0 Å². The molecule has 2 unspecified atom stereocenters. The van der Waals surface area contributed by atoms with E-state index in [1.54, 1.807) is 0 Å². The summed E-state index contributed by atoms with van der Waals surface area (Å²) in [6, 6.07) is 2.42. The van der Waals surface area contributed by atoms with Crippen molar-refractivity contribution in [2.45, 2.75) is 45.6 Å². The first-order valence-corrected chi connectivity index (χ1v) is 6.57. The van der Waals surface area contributed by atoms with Gasteiger partial charge in [-0.25, -0.2) is 0 Å². The number of nitriles is 1. The van der Waals surface area contributed by atoms with Crippen LogP contribution in [0.2, 0.25) is 0 Å². The number of hydrogen-bond donors (Lipinski definition) is 1. The van der Waals surface area contributed by atoms with E-state index in [1.807, 2.05) is 6.92 Å². The molecule has 1 rings (SSSR count). The lowest BCUT2D eigenvalue weighted by molar-refractivity contribution is -0.127. The van der Waals surface area contributed by atoms with Crippen molar-refractivity contribution < 1.29 is 4.79 Å². The van der Waals surface area contributed by atoms with Crippen LogP contribution in [0.1, 0.15) is 39.5 Å². The summed E-state index contributed by atoms with van der Waals surface area (Å²) in [6.07, 6.45) is 3.56. The SMILES string of the molecule is CCC(C)NC(=O)C1CCCN(CCC#N)C1. The average molecular weight is 237 g/mol. The van der Waals surface area contributed by atoms with Gasteiger partial charge in [-0.3, -0.25) is 4.79 Å². The van der Waals surface area contributed by atoms with Crippen LogP contribution in [0.3, 0.4) is 0 Å². The van der Waals surface area contributed by atoms with Crippen molar-refractivity contribution in [3.8, 4) is 6.07 Å². The van der Waals surface area contributed by atoms with Gasteiger partial charge in [0.15, 0.2) is 0 Å². The molecule has 1 heterocycles. The van der Waals surface area contributed by atoms with Gasteiger partial charge in [-0.15, -0.1) is 0 Å². The topological polar surface area (TPSA) is 56.1 Å². The number of amides is 1. The Hall–Kier alpha value is -1.08. The van der Waals surface area contributed by atoms with E-state index in [4.69, 9.17) is 5.26 Å². The van der Waals surface area contributed by atoms with Crippen molar-refractivity contribution in [3.05, 3.63) is 0 Å². The first kappa shape index (κ1) is 14.0. The van der Waals surface area contributed by atoms with Gasteiger partial charge in [-0.1, -0.05) is 6.92 Å². The highest BCUT2D eigenvalue weighted by Gasteiger charge is 2.25. The maximum atomic E-state index is 12.0. The third kappa shape index (κ3) is 4.74. The molecule has 1 aliphatic heterocycles. The standard InChI is InChI=1S/C13H23N3O/c1-3-11(2)15-13(17)12-6-4-8-16(10-12)9-5-7-14/h11-12H,3-6,8-10H2,1-2H3,(H,15,17). The minimum Gasteiger partial charge on any atom is -0.353 e. The highest BCUT2D eigenvalue weighted by Crippen LogP contribution is 2.17. The summed E-state index contributed by atoms with van der Waals surface area (Å²) in [5.74, 6) is 0.289. The number of carbonyl (C=O) groups is 1. The van der Waals surface area contributed by atoms with Crippen LogP contribution in [0.4, 0.5) is 0 Å². The number of likely N-dealkylation sites (tertiary alicyclic amines) is 1. The number of rotatable bonds is 5. The van der Waals surface area contributed by atoms with Gasteiger partial charge < -0.3 is 10.2 Å². The molecule has 0 bridgehead atoms. The van der Waals surface area contributed by atoms with Crippen LogP contribution in [0, 0.1) is 17.2 Å². The molecule has 0 saturated carbocycles. The van der Waals surface area contributed by atoms with E-state index in [1.165, 1.54) is 0 Å². The van der Waals surface area contributed by atoms with Crippen LogP contribution in [0.5, 0.6) is 0 Å². The number of piperidine rings is 1. The lowest BCUT2D eigenvalue weighted by Gasteiger charge is -2.31. The molecular weight excluding hydrogens is 214 g/mol. The molecule has 0 aromatic rings. The second kappa shape index (κ2) is 7.29. The number of nitrogens with zero attached hydrogens (tertiary/aromatic N) is 2. The largest absolute Gasteiger partial charge is 0.353 e. The van der Waals surface area contributed by atoms with E-state index >= 15 is 0 Å². The van der Waals surface area contributed by atoms with Gasteiger partial charge in [0, 0.05) is 25.6 Å². The van der Waals surface area contributed by atoms with Gasteiger partial charge in [0.1, 0.15) is 0 Å². The summed E-state index contributed by atoms with van der Waals surface area (Å²) in [4.78, 5) is 14.2. The van der Waals surface area contributed by atoms with E-state index in [2.05, 4.69) is 23.2 Å². The molecule has 0 radical (unpaired) electrons. The fourth-order valence-electron chi connectivity index (χ4n) is 2.14. The zero-order chi connectivity index (χ0) is 12.7. The van der Waals surface area contributed by atoms with Crippen molar-refractivity contribution >= 4 is 5.91 Å². The molecule has 17 heavy (non-hydrogen) atoms. The zero-order valence-corrected chi connectivity index (χ0v) is 10.9. The Labute approximate surface area is 104 Å². The van der Waals surface area contributed by atoms with Crippen molar-refractivity contribution in [1.82, 2.24) is 10.2 Å². The lowest BCUT2D eigenvalue weighted by Crippen LogP contribution is -2.45. The van der Waals surface area contributed by atoms with Crippen molar-refractivity contribution in [2.75, 3.05) is 19.6 Å². The van der Waals surface area contributed by atoms with E-state index in [-0.39, 0.29) is 17.9 Å². The van der Waals surface area contributed by atoms with Crippen LogP contribution in [-0.4, -0.2) is 36.5 Å². The molecule has 0 aromatic heterocycles. The summed E-state index contributed by atoms with van der Waals surface area (Å²) in [6.45, 7) is 6.74. The average Bonchev–Trinajstić information content (AvgIpc) is 2.36. The van der Waals surface area contributed by atoms with Crippen molar-refractivity contribution in [3.63, 3.8) is 0 Å². The summed E-state index contributed by atoms with van der Waals surface area (Å²) in [5, 5.41) is 11.6. The molecule has 1 saturated heterocycles. The van der Waals surface area contributed by atoms with Gasteiger partial charge in [-0.2, -0.15) is 5.26 Å². The molecule has 2 atom stereocenters. The van der Waals surface area contributed by atoms with Crippen LogP contribution >= 0.6 is 0 Å². The van der Waals surface area contributed by atoms with Crippen LogP contribution in [0.25, 0.3) is 0 Å². The number of nitrogens with one attached hydrogen (secondary N) is 1. The fraction of sp³-hybridized carbons (Fsp3) is 0.846. The monoisotopic (exact) mass is 237 g/mol. The molecule has 1 aliphatic rings. The van der Waals surface area contributed by atoms with Crippen LogP contribution < -0.4 is 5.32 Å². The molecule has 0 spiro atoms. The molecule has 1 fully saturated rings. The fourth-order valence-corrected chi connectivity index (χ4v) is 2.14. The molecule has 1 amide bonds. The molecule has 0 aromatic carbocycles. The van der Waals surface area contributed by atoms with E-state index in [9.17, 15) is 4.79 Å². The van der Waals surface area contributed by atoms with Gasteiger partial charge in [0.2, 0.25) is 5.91 Å². The molecule has 96 valence electrons. The molecule has 0 aliphatic carbocycles. The summed E-state index contributed by atoms with van der Waals surface area (Å²) < 4.78 is 0. The molecule has 4 heteroatoms. The number of hydrogen-bond acceptors (Lipinski definition) is 3. The van der Waals surface area contributed by atoms with E-state index in [0.29, 0.717) is 6.42 Å². The summed E-state index contributed by atoms with van der Waals surface area (Å²) in [5.41, 5.74) is 0. The molecule has 1 N–H and O–H groups in total. The maximum absolute atomic E-state index is 12.0. The first-order valence-electron chi connectivity index (χ1n) is 6.57. The maximum Gasteiger partial charge on any atom is 0.224 e. The van der Waals surface area contributed by atoms with Crippen LogP contribution in [0.15, 0.2) is 0 Å². The third-order valence-corrected chi connectivity index (χ3v) is 3.42. The highest BCUT2D eigenvalue weighted by atomic mass is 16.2. The van der Waals surface area contributed by atoms with Gasteiger partial charge >= 0.3 is 0 Å². The van der Waals surface area contributed by atoms with E-state index < -0.39 is 0 Å². The summed E-state index contributed by atoms with van der Waals surface area (Å²) in [7, 11) is 0. The second-order valence-corrected chi connectivity index (χ2v) is 4.87. The molecule has 4 nitrogen and oxygen atoms in total. The van der Waals surface area contributed by atoms with Gasteiger partial charge in [0.05, 0.1) is 12.0 Å². The Balaban J connectivity index is 2.38. The molecular formula is C13H23N3O. The van der Waals surface area contributed by atoms with Gasteiger partial charge in [-0.05, 0) is 32.7 Å². The Morgan fingerprint density at radius 3 is 3.06 bits per heavy atom. The minimum atomic E-state index is 0.108. The minimum absolute atomic E-state index is 0.108. The summed E-state index contributed by atoms with van der Waals surface area (Å²) >= 11 is 0. The second-order valence-electron chi connectivity index (χ2n) is 4.87. The predicted molar refractivity (Wildman–Crippen MR) is 67.3 cm³/mol. The van der Waals surface area contributed by atoms with Crippen molar-refractivity contribution in [2.24, 2.45) is 5.92 Å². The Kier molecular flexibility index (Phi) is 5.99. The smallest absolute Gasteiger partial charge is 0.224 e. The zero-order valence-electron chi connectivity index (χ0n) is 10.9. The Morgan fingerprint density at radius 1 is 1.65 bits per heavy atom. The highest BCUT2D eigenvalue weighted by molar-refractivity contribution is 5.79. The lowest BCUT2D eigenvalue weighted by atomic mass is 9.96. The third-order valence-electron chi connectivity index (χ3n) is 3.42. The quantitative estimate of drug-likeness (QED) is 0.789. The normalized spacial score (nSPS) is 22.8.